The molecule has 2 aliphatic carbocycles. The highest BCUT2D eigenvalue weighted by atomic mass is 28.3. The van der Waals surface area contributed by atoms with Crippen LogP contribution in [0.1, 0.15) is 83.2 Å². The molecule has 1 amide bonds. The highest BCUT2D eigenvalue weighted by Gasteiger charge is 2.28. The monoisotopic (exact) mass is 1090 g/mol. The molecule has 2 saturated carbocycles. The van der Waals surface area contributed by atoms with Gasteiger partial charge in [-0.1, -0.05) is 51.4 Å². The second kappa shape index (κ2) is 24.2. The number of nitrogens with zero attached hydrogens (tertiary/aromatic N) is 10. The highest BCUT2D eigenvalue weighted by molar-refractivity contribution is 6.76. The van der Waals surface area contributed by atoms with Gasteiger partial charge >= 0.3 is 5.97 Å². The van der Waals surface area contributed by atoms with Gasteiger partial charge in [0.25, 0.3) is 5.91 Å². The van der Waals surface area contributed by atoms with E-state index in [1.165, 1.54) is 36.8 Å². The Balaban J connectivity index is 0.000000186. The lowest BCUT2D eigenvalue weighted by molar-refractivity contribution is 0.0695. The minimum atomic E-state index is -1.21. The smallest absolute Gasteiger partial charge is 0.339 e. The minimum absolute atomic E-state index is 0.118. The Morgan fingerprint density at radius 1 is 0.701 bits per heavy atom. The lowest BCUT2D eigenvalue weighted by Crippen LogP contribution is -2.35. The Labute approximate surface area is 452 Å². The number of carbonyl (C=O) groups is 2. The molecule has 0 radical (unpaired) electrons. The van der Waals surface area contributed by atoms with Gasteiger partial charge in [0.05, 0.1) is 42.2 Å². The van der Waals surface area contributed by atoms with E-state index < -0.39 is 22.1 Å². The SMILES string of the molecule is COC[C@H](C)N.COC[C@H](C)NC(=O)c1cn(COCC[Si](C)(C)C)c2ncc(-c3nn(C)c4ccc(C5CC5)cc34)nc12.Cn1nc(-c2cnc3c(n2)c(C(=O)O)cn3COCC[Si](C)(C)C)c2cc(C3CC3)ccc21. The first kappa shape index (κ1) is 57.0. The van der Waals surface area contributed by atoms with Crippen LogP contribution in [0.15, 0.2) is 61.2 Å². The number of hydrogen-bond acceptors (Lipinski definition) is 13. The number of amides is 1. The number of methoxy groups -OCH3 is 2. The van der Waals surface area contributed by atoms with Crippen LogP contribution in [0.2, 0.25) is 51.4 Å². The van der Waals surface area contributed by atoms with Crippen molar-refractivity contribution >= 4 is 72.2 Å². The number of aromatic nitrogens is 10. The molecule has 6 aromatic heterocycles. The zero-order valence-corrected chi connectivity index (χ0v) is 49.0. The van der Waals surface area contributed by atoms with Crippen molar-refractivity contribution in [1.82, 2.24) is 53.9 Å². The van der Waals surface area contributed by atoms with Gasteiger partial charge in [0.2, 0.25) is 0 Å². The second-order valence-corrected chi connectivity index (χ2v) is 34.4. The van der Waals surface area contributed by atoms with Crippen LogP contribution in [-0.4, -0.2) is 134 Å². The van der Waals surface area contributed by atoms with E-state index in [0.717, 1.165) is 45.3 Å². The molecule has 2 aromatic carbocycles. The fourth-order valence-electron chi connectivity index (χ4n) is 9.08. The number of nitrogens with one attached hydrogen (secondary N) is 1. The number of rotatable bonds is 21. The third kappa shape index (κ3) is 14.3. The first-order chi connectivity index (χ1) is 36.6. The van der Waals surface area contributed by atoms with Crippen LogP contribution in [0, 0.1) is 0 Å². The van der Waals surface area contributed by atoms with Crippen LogP contribution in [0.3, 0.4) is 0 Å². The van der Waals surface area contributed by atoms with E-state index in [4.69, 9.17) is 45.1 Å². The number of fused-ring (bicyclic) bond motifs is 4. The van der Waals surface area contributed by atoms with E-state index in [9.17, 15) is 14.7 Å². The van der Waals surface area contributed by atoms with E-state index in [0.29, 0.717) is 84.3 Å². The molecule has 10 rings (SSSR count). The third-order valence-corrected chi connectivity index (χ3v) is 17.0. The molecule has 2 atom stereocenters. The molecule has 0 spiro atoms. The van der Waals surface area contributed by atoms with Gasteiger partial charge in [-0.15, -0.1) is 0 Å². The highest BCUT2D eigenvalue weighted by Crippen LogP contribution is 2.43. The molecule has 0 unspecified atom stereocenters. The van der Waals surface area contributed by atoms with Gasteiger partial charge < -0.3 is 44.2 Å². The molecular formula is C56H78N12O7Si2. The third-order valence-electron chi connectivity index (χ3n) is 13.6. The number of aromatic carboxylic acids is 1. The molecule has 4 N–H and O–H groups in total. The van der Waals surface area contributed by atoms with Crippen LogP contribution >= 0.6 is 0 Å². The van der Waals surface area contributed by atoms with E-state index in [1.807, 2.05) is 41.9 Å². The molecule has 2 fully saturated rings. The fraction of sp³-hybridized carbons (Fsp3) is 0.500. The predicted octanol–water partition coefficient (Wildman–Crippen LogP) is 9.79. The van der Waals surface area contributed by atoms with Crippen LogP contribution in [0.25, 0.3) is 66.9 Å². The molecule has 0 saturated heterocycles. The van der Waals surface area contributed by atoms with Crippen molar-refractivity contribution in [2.45, 2.75) is 128 Å². The Bertz CT molecular complexity index is 3360. The summed E-state index contributed by atoms with van der Waals surface area (Å²) in [6.45, 7) is 20.6. The summed E-state index contributed by atoms with van der Waals surface area (Å²) in [5.74, 6) is 0.0213. The molecule has 2 aliphatic rings. The lowest BCUT2D eigenvalue weighted by atomic mass is 10.1. The van der Waals surface area contributed by atoms with Gasteiger partial charge in [0.1, 0.15) is 52.8 Å². The summed E-state index contributed by atoms with van der Waals surface area (Å²) in [4.78, 5) is 44.3. The van der Waals surface area contributed by atoms with Gasteiger partial charge in [-0.3, -0.25) is 14.2 Å². The van der Waals surface area contributed by atoms with Gasteiger partial charge in [-0.25, -0.2) is 24.7 Å². The van der Waals surface area contributed by atoms with Crippen LogP contribution in [-0.2, 0) is 46.5 Å². The van der Waals surface area contributed by atoms with Gasteiger partial charge in [0.15, 0.2) is 11.3 Å². The van der Waals surface area contributed by atoms with Crippen molar-refractivity contribution in [1.29, 1.82) is 0 Å². The van der Waals surface area contributed by atoms with Gasteiger partial charge in [0, 0.05) is 92.9 Å². The van der Waals surface area contributed by atoms with Crippen molar-refractivity contribution < 1.29 is 33.6 Å². The van der Waals surface area contributed by atoms with E-state index in [-0.39, 0.29) is 30.3 Å². The van der Waals surface area contributed by atoms with E-state index in [2.05, 4.69) is 90.7 Å². The summed E-state index contributed by atoms with van der Waals surface area (Å²) in [6.07, 6.45) is 11.7. The molecular weight excluding hydrogens is 1010 g/mol. The van der Waals surface area contributed by atoms with Crippen LogP contribution < -0.4 is 11.1 Å². The molecule has 77 heavy (non-hydrogen) atoms. The normalized spacial score (nSPS) is 14.7. The Morgan fingerprint density at radius 3 is 1.53 bits per heavy atom. The number of carboxylic acid groups (broad SMARTS) is 1. The summed E-state index contributed by atoms with van der Waals surface area (Å²) in [5, 5.41) is 24.3. The number of aryl methyl sites for hydroxylation is 2. The first-order valence-electron chi connectivity index (χ1n) is 26.7. The van der Waals surface area contributed by atoms with Crippen LogP contribution in [0.4, 0.5) is 0 Å². The second-order valence-electron chi connectivity index (χ2n) is 23.2. The van der Waals surface area contributed by atoms with Crippen molar-refractivity contribution in [3.8, 4) is 22.8 Å². The fourth-order valence-corrected chi connectivity index (χ4v) is 10.6. The van der Waals surface area contributed by atoms with Crippen molar-refractivity contribution in [2.24, 2.45) is 19.8 Å². The molecule has 21 heteroatoms. The number of hydrogen-bond donors (Lipinski definition) is 3. The number of carbonyl (C=O) groups excluding carboxylic acids is 1. The van der Waals surface area contributed by atoms with Crippen molar-refractivity contribution in [3.05, 3.63) is 83.4 Å². The maximum Gasteiger partial charge on any atom is 0.339 e. The summed E-state index contributed by atoms with van der Waals surface area (Å²) in [6, 6.07) is 15.2. The Morgan fingerprint density at radius 2 is 1.14 bits per heavy atom. The number of nitrogens with two attached hydrogens (primary N) is 1. The summed E-state index contributed by atoms with van der Waals surface area (Å²) < 4.78 is 29.0. The van der Waals surface area contributed by atoms with Gasteiger partial charge in [-0.05, 0) is 98.8 Å². The maximum atomic E-state index is 13.3. The molecule has 0 bridgehead atoms. The molecule has 0 aliphatic heterocycles. The topological polar surface area (TPSA) is 226 Å². The Hall–Kier alpha value is -6.21. The average molecular weight is 1090 g/mol. The summed E-state index contributed by atoms with van der Waals surface area (Å²) >= 11 is 0. The van der Waals surface area contributed by atoms with Crippen molar-refractivity contribution in [2.75, 3.05) is 40.6 Å². The summed E-state index contributed by atoms with van der Waals surface area (Å²) in [7, 11) is 4.71. The quantitative estimate of drug-likeness (QED) is 0.0450. The molecule has 8 aromatic rings. The average Bonchev–Trinajstić information content (AvgIpc) is 4.40. The molecule has 6 heterocycles. The summed E-state index contributed by atoms with van der Waals surface area (Å²) in [5.41, 5.74) is 15.3. The number of benzene rings is 2. The predicted molar refractivity (Wildman–Crippen MR) is 308 cm³/mol. The minimum Gasteiger partial charge on any atom is -0.478 e. The van der Waals surface area contributed by atoms with Crippen LogP contribution in [0.5, 0.6) is 0 Å². The first-order valence-corrected chi connectivity index (χ1v) is 34.1. The zero-order chi connectivity index (χ0) is 55.3. The number of ether oxygens (including phenoxy) is 4. The van der Waals surface area contributed by atoms with E-state index in [1.54, 1.807) is 43.6 Å². The lowest BCUT2D eigenvalue weighted by Gasteiger charge is -2.15. The van der Waals surface area contributed by atoms with E-state index >= 15 is 0 Å². The molecule has 412 valence electrons. The largest absolute Gasteiger partial charge is 0.478 e. The molecule has 19 nitrogen and oxygen atoms in total. The zero-order valence-electron chi connectivity index (χ0n) is 47.0. The van der Waals surface area contributed by atoms with Gasteiger partial charge in [-0.2, -0.15) is 10.2 Å². The Kier molecular flexibility index (Phi) is 17.9. The maximum absolute atomic E-state index is 13.3. The standard InChI is InChI=1S/C28H38N6O3Si.C24H29N5O3Si.C4H11NO/c1-18(16-36-3)30-28(35)22-15-34(17-37-11-12-38(4,5)6)27-26(22)31-23(14-29-27)25-21-13-20(19-7-8-19)9-10-24(21)33(2)32-25;1-28-20-8-7-16(15-5-6-15)11-17(20)21(27-28)19-12-25-23-22(26-19)18(24(30)31)13-29(23)14-32-9-10-33(2,3)4;1-4(5)3-6-2/h9-10,13-15,18-19H,7-8,11-12,16-17H2,1-6H3,(H,30,35);7-8,11-13,15H,5-6,9-10,14H2,1-4H3,(H,30,31);4H,3,5H2,1-2H3/t18-;;4-/m0.0/s1. The number of carboxylic acids is 1. The van der Waals surface area contributed by atoms with Crippen molar-refractivity contribution in [3.63, 3.8) is 0 Å².